The molecule has 0 saturated heterocycles. The lowest BCUT2D eigenvalue weighted by Gasteiger charge is -2.37. The van der Waals surface area contributed by atoms with Gasteiger partial charge in [-0.25, -0.2) is 4.98 Å². The number of aliphatic hydroxyl groups is 1. The molecule has 1 N–H and O–H groups in total. The predicted molar refractivity (Wildman–Crippen MR) is 136 cm³/mol. The van der Waals surface area contributed by atoms with Gasteiger partial charge in [-0.1, -0.05) is 18.8 Å². The summed E-state index contributed by atoms with van der Waals surface area (Å²) in [6.07, 6.45) is 4.78. The number of ether oxygens (including phenoxy) is 1. The lowest BCUT2D eigenvalue weighted by Crippen LogP contribution is -2.50. The monoisotopic (exact) mass is 493 g/mol. The number of carbonyl (C=O) groups excluding carboxylic acids is 2. The second-order valence-corrected chi connectivity index (χ2v) is 9.55. The largest absolute Gasteiger partial charge is 0.472 e. The molecule has 9 nitrogen and oxygen atoms in total. The normalized spacial score (nSPS) is 18.3. The number of carbonyl (C=O) groups is 2. The third-order valence-electron chi connectivity index (χ3n) is 6.13. The Morgan fingerprint density at radius 2 is 2.03 bits per heavy atom. The third kappa shape index (κ3) is 7.03. The second kappa shape index (κ2) is 12.5. The van der Waals surface area contributed by atoms with Crippen LogP contribution >= 0.6 is 0 Å². The summed E-state index contributed by atoms with van der Waals surface area (Å²) in [5.41, 5.74) is 1.80. The number of fused-ring (bicyclic) bond motifs is 1. The first-order valence-electron chi connectivity index (χ1n) is 12.0. The molecule has 0 aromatic carbocycles. The summed E-state index contributed by atoms with van der Waals surface area (Å²) in [4.78, 5) is 40.0. The second-order valence-electron chi connectivity index (χ2n) is 9.55. The van der Waals surface area contributed by atoms with Crippen molar-refractivity contribution in [2.75, 3.05) is 47.4 Å². The SMILES string of the molecule is C[C@@H]1CN([C@H](C)CO)C(=O)c2cc(C#CCN(C)C)cnc2O[C@@H]1CN(C)C(=O)Cc1ccncc1. The number of pyridine rings is 2. The van der Waals surface area contributed by atoms with Crippen molar-refractivity contribution in [3.05, 3.63) is 53.5 Å². The first-order valence-corrected chi connectivity index (χ1v) is 12.0. The molecule has 36 heavy (non-hydrogen) atoms. The van der Waals surface area contributed by atoms with Crippen LogP contribution in [0.5, 0.6) is 5.88 Å². The minimum absolute atomic E-state index is 0.0459. The number of aliphatic hydroxyl groups excluding tert-OH is 1. The zero-order valence-corrected chi connectivity index (χ0v) is 21.6. The minimum Gasteiger partial charge on any atom is -0.472 e. The van der Waals surface area contributed by atoms with Gasteiger partial charge in [-0.15, -0.1) is 0 Å². The molecule has 3 atom stereocenters. The van der Waals surface area contributed by atoms with E-state index in [1.165, 1.54) is 0 Å². The van der Waals surface area contributed by atoms with Crippen LogP contribution in [0.15, 0.2) is 36.8 Å². The molecule has 0 radical (unpaired) electrons. The van der Waals surface area contributed by atoms with Gasteiger partial charge in [-0.05, 0) is 44.8 Å². The smallest absolute Gasteiger partial charge is 0.259 e. The van der Waals surface area contributed by atoms with E-state index in [1.54, 1.807) is 48.4 Å². The highest BCUT2D eigenvalue weighted by atomic mass is 16.5. The van der Waals surface area contributed by atoms with E-state index < -0.39 is 6.10 Å². The Hall–Kier alpha value is -3.48. The summed E-state index contributed by atoms with van der Waals surface area (Å²) >= 11 is 0. The molecule has 2 amide bonds. The van der Waals surface area contributed by atoms with Gasteiger partial charge in [0.25, 0.3) is 5.91 Å². The number of hydrogen-bond acceptors (Lipinski definition) is 7. The Morgan fingerprint density at radius 1 is 1.31 bits per heavy atom. The quantitative estimate of drug-likeness (QED) is 0.581. The standard InChI is InChI=1S/C27H35N5O4/c1-19-16-32(20(2)18-33)27(35)23-13-22(7-6-12-30(3)4)15-29-26(23)36-24(19)17-31(5)25(34)14-21-8-10-28-11-9-21/h8-11,13,15,19-20,24,33H,12,14,16-18H2,1-5H3/t19-,20-,24-/m1/s1. The Morgan fingerprint density at radius 3 is 2.69 bits per heavy atom. The van der Waals surface area contributed by atoms with Crippen molar-refractivity contribution in [3.63, 3.8) is 0 Å². The average molecular weight is 494 g/mol. The molecule has 192 valence electrons. The van der Waals surface area contributed by atoms with Crippen LogP contribution in [0.4, 0.5) is 0 Å². The van der Waals surface area contributed by atoms with Crippen LogP contribution in [0.25, 0.3) is 0 Å². The Labute approximate surface area is 213 Å². The maximum atomic E-state index is 13.5. The van der Waals surface area contributed by atoms with Crippen LogP contribution in [-0.2, 0) is 11.2 Å². The van der Waals surface area contributed by atoms with Crippen LogP contribution in [0.1, 0.15) is 35.3 Å². The van der Waals surface area contributed by atoms with Gasteiger partial charge in [0.1, 0.15) is 11.7 Å². The summed E-state index contributed by atoms with van der Waals surface area (Å²) < 4.78 is 6.27. The van der Waals surface area contributed by atoms with Gasteiger partial charge in [0, 0.05) is 43.7 Å². The predicted octanol–water partition coefficient (Wildman–Crippen LogP) is 1.31. The number of aromatic nitrogens is 2. The topological polar surface area (TPSA) is 99.1 Å². The highest BCUT2D eigenvalue weighted by Gasteiger charge is 2.34. The Kier molecular flexibility index (Phi) is 9.39. The van der Waals surface area contributed by atoms with E-state index in [-0.39, 0.29) is 42.7 Å². The van der Waals surface area contributed by atoms with Crippen LogP contribution in [0.2, 0.25) is 0 Å². The molecule has 3 heterocycles. The van der Waals surface area contributed by atoms with E-state index in [0.717, 1.165) is 5.56 Å². The van der Waals surface area contributed by atoms with Crippen molar-refractivity contribution >= 4 is 11.8 Å². The van der Waals surface area contributed by atoms with Crippen molar-refractivity contribution in [2.24, 2.45) is 5.92 Å². The van der Waals surface area contributed by atoms with Gasteiger partial charge in [0.05, 0.1) is 32.2 Å². The van der Waals surface area contributed by atoms with Gasteiger partial charge in [-0.2, -0.15) is 0 Å². The lowest BCUT2D eigenvalue weighted by molar-refractivity contribution is -0.130. The van der Waals surface area contributed by atoms with E-state index in [1.807, 2.05) is 38.1 Å². The third-order valence-corrected chi connectivity index (χ3v) is 6.13. The number of amides is 2. The molecule has 0 saturated carbocycles. The van der Waals surface area contributed by atoms with Gasteiger partial charge in [-0.3, -0.25) is 19.5 Å². The summed E-state index contributed by atoms with van der Waals surface area (Å²) in [7, 11) is 5.60. The van der Waals surface area contributed by atoms with E-state index >= 15 is 0 Å². The fraction of sp³-hybridized carbons (Fsp3) is 0.481. The van der Waals surface area contributed by atoms with Crippen LogP contribution in [-0.4, -0.2) is 101 Å². The molecule has 0 unspecified atom stereocenters. The zero-order valence-electron chi connectivity index (χ0n) is 21.6. The molecule has 0 fully saturated rings. The van der Waals surface area contributed by atoms with E-state index in [9.17, 15) is 14.7 Å². The van der Waals surface area contributed by atoms with Crippen LogP contribution < -0.4 is 4.74 Å². The number of hydrogen-bond donors (Lipinski definition) is 1. The van der Waals surface area contributed by atoms with Gasteiger partial charge >= 0.3 is 0 Å². The molecule has 9 heteroatoms. The Balaban J connectivity index is 1.87. The lowest BCUT2D eigenvalue weighted by atomic mass is 9.99. The molecule has 3 rings (SSSR count). The van der Waals surface area contributed by atoms with Crippen molar-refractivity contribution in [2.45, 2.75) is 32.4 Å². The maximum absolute atomic E-state index is 13.5. The van der Waals surface area contributed by atoms with Gasteiger partial charge in [0.2, 0.25) is 11.8 Å². The molecule has 1 aliphatic rings. The highest BCUT2D eigenvalue weighted by molar-refractivity contribution is 5.97. The molecule has 2 aromatic heterocycles. The number of nitrogens with zero attached hydrogens (tertiary/aromatic N) is 5. The molecule has 1 aliphatic heterocycles. The van der Waals surface area contributed by atoms with Crippen LogP contribution in [0, 0.1) is 17.8 Å². The Bertz CT molecular complexity index is 1110. The van der Waals surface area contributed by atoms with Gasteiger partial charge < -0.3 is 19.6 Å². The summed E-state index contributed by atoms with van der Waals surface area (Å²) in [6, 6.07) is 4.94. The molecule has 2 aromatic rings. The number of rotatable bonds is 7. The van der Waals surface area contributed by atoms with Crippen molar-refractivity contribution in [1.29, 1.82) is 0 Å². The van der Waals surface area contributed by atoms with E-state index in [2.05, 4.69) is 21.8 Å². The number of likely N-dealkylation sites (N-methyl/N-ethyl adjacent to an activating group) is 1. The molecule has 0 spiro atoms. The molecule has 0 bridgehead atoms. The average Bonchev–Trinajstić information content (AvgIpc) is 2.86. The van der Waals surface area contributed by atoms with Gasteiger partial charge in [0.15, 0.2) is 0 Å². The molecular formula is C27H35N5O4. The first kappa shape index (κ1) is 27.1. The fourth-order valence-electron chi connectivity index (χ4n) is 3.87. The minimum atomic E-state index is -0.408. The summed E-state index contributed by atoms with van der Waals surface area (Å²) in [5.74, 6) is 5.88. The zero-order chi connectivity index (χ0) is 26.2. The van der Waals surface area contributed by atoms with Crippen molar-refractivity contribution in [1.82, 2.24) is 24.7 Å². The maximum Gasteiger partial charge on any atom is 0.259 e. The first-order chi connectivity index (χ1) is 17.2. The highest BCUT2D eigenvalue weighted by Crippen LogP contribution is 2.27. The molecule has 0 aliphatic carbocycles. The van der Waals surface area contributed by atoms with Crippen molar-refractivity contribution < 1.29 is 19.4 Å². The van der Waals surface area contributed by atoms with Crippen LogP contribution in [0.3, 0.4) is 0 Å². The fourth-order valence-corrected chi connectivity index (χ4v) is 3.87. The van der Waals surface area contributed by atoms with E-state index in [0.29, 0.717) is 30.8 Å². The van der Waals surface area contributed by atoms with Crippen molar-refractivity contribution in [3.8, 4) is 17.7 Å². The molecular weight excluding hydrogens is 458 g/mol. The summed E-state index contributed by atoms with van der Waals surface area (Å²) in [6.45, 7) is 4.89. The summed E-state index contributed by atoms with van der Waals surface area (Å²) in [5, 5.41) is 9.82. The van der Waals surface area contributed by atoms with E-state index in [4.69, 9.17) is 4.74 Å².